The molecule has 1 heterocycles. The number of carboxylic acids is 1. The van der Waals surface area contributed by atoms with E-state index >= 15 is 0 Å². The number of alkyl halides is 1. The monoisotopic (exact) mass is 277 g/mol. The number of aliphatic carboxylic acids is 1. The van der Waals surface area contributed by atoms with Crippen molar-refractivity contribution in [2.75, 3.05) is 11.2 Å². The Labute approximate surface area is 105 Å². The lowest BCUT2D eigenvalue weighted by atomic mass is 10.5. The summed E-state index contributed by atoms with van der Waals surface area (Å²) in [5, 5.41) is 15.9. The van der Waals surface area contributed by atoms with Gasteiger partial charge in [-0.2, -0.15) is 0 Å². The predicted molar refractivity (Wildman–Crippen MR) is 62.4 cm³/mol. The molecule has 0 aliphatic carbocycles. The summed E-state index contributed by atoms with van der Waals surface area (Å²) in [5.41, 5.74) is 0.530. The molecule has 1 rings (SSSR count). The predicted octanol–water partition coefficient (Wildman–Crippen LogP) is 0.907. The van der Waals surface area contributed by atoms with Crippen LogP contribution in [-0.2, 0) is 21.0 Å². The molecule has 2 N–H and O–H groups in total. The Morgan fingerprint density at radius 1 is 1.71 bits per heavy atom. The van der Waals surface area contributed by atoms with Crippen molar-refractivity contribution in [1.82, 2.24) is 4.98 Å². The molecule has 0 spiro atoms. The molecule has 0 bridgehead atoms. The average Bonchev–Trinajstić information content (AvgIpc) is 2.72. The quantitative estimate of drug-likeness (QED) is 0.457. The summed E-state index contributed by atoms with van der Waals surface area (Å²) < 4.78 is 0. The number of halogens is 1. The van der Waals surface area contributed by atoms with Crippen molar-refractivity contribution < 1.29 is 19.5 Å². The lowest BCUT2D eigenvalue weighted by Gasteiger charge is -1.96. The molecule has 17 heavy (non-hydrogen) atoms. The van der Waals surface area contributed by atoms with Crippen molar-refractivity contribution >= 4 is 46.2 Å². The summed E-state index contributed by atoms with van der Waals surface area (Å²) in [4.78, 5) is 29.7. The zero-order valence-electron chi connectivity index (χ0n) is 8.42. The molecular formula is C8H8ClN3O4S. The van der Waals surface area contributed by atoms with Gasteiger partial charge < -0.3 is 15.3 Å². The molecule has 0 atom stereocenters. The molecule has 0 fully saturated rings. The van der Waals surface area contributed by atoms with Gasteiger partial charge in [-0.25, -0.2) is 9.78 Å². The molecule has 1 amide bonds. The second-order valence-corrected chi connectivity index (χ2v) is 3.80. The van der Waals surface area contributed by atoms with Gasteiger partial charge in [0.15, 0.2) is 18.0 Å². The van der Waals surface area contributed by atoms with Crippen LogP contribution >= 0.6 is 22.9 Å². The van der Waals surface area contributed by atoms with Crippen molar-refractivity contribution in [1.29, 1.82) is 0 Å². The third-order valence-corrected chi connectivity index (χ3v) is 2.42. The summed E-state index contributed by atoms with van der Waals surface area (Å²) in [7, 11) is 0. The van der Waals surface area contributed by atoms with E-state index in [1.54, 1.807) is 5.38 Å². The first kappa shape index (κ1) is 13.4. The Morgan fingerprint density at radius 3 is 3.12 bits per heavy atom. The summed E-state index contributed by atoms with van der Waals surface area (Å²) in [6.45, 7) is 0.0248. The van der Waals surface area contributed by atoms with E-state index in [4.69, 9.17) is 16.7 Å². The van der Waals surface area contributed by atoms with Crippen molar-refractivity contribution in [3.63, 3.8) is 0 Å². The van der Waals surface area contributed by atoms with Crippen LogP contribution in [0.25, 0.3) is 0 Å². The van der Waals surface area contributed by atoms with E-state index in [9.17, 15) is 9.59 Å². The number of hydrogen-bond acceptors (Lipinski definition) is 6. The van der Waals surface area contributed by atoms with Crippen LogP contribution in [0.4, 0.5) is 5.13 Å². The normalized spacial score (nSPS) is 10.4. The second kappa shape index (κ2) is 6.81. The van der Waals surface area contributed by atoms with Crippen molar-refractivity contribution in [3.05, 3.63) is 11.1 Å². The number of nitrogens with one attached hydrogen (secondary N) is 1. The highest BCUT2D eigenvalue weighted by atomic mass is 35.5. The summed E-state index contributed by atoms with van der Waals surface area (Å²) in [5.74, 6) is -1.69. The molecule has 1 aromatic heterocycles. The number of carboxylic acid groups (broad SMARTS) is 1. The average molecular weight is 278 g/mol. The third kappa shape index (κ3) is 5.27. The number of aromatic nitrogens is 1. The van der Waals surface area contributed by atoms with E-state index in [2.05, 4.69) is 20.3 Å². The molecular weight excluding hydrogens is 270 g/mol. The van der Waals surface area contributed by atoms with Crippen LogP contribution in [0.3, 0.4) is 0 Å². The fourth-order valence-electron chi connectivity index (χ4n) is 0.769. The third-order valence-electron chi connectivity index (χ3n) is 1.37. The van der Waals surface area contributed by atoms with Gasteiger partial charge in [0, 0.05) is 5.38 Å². The van der Waals surface area contributed by atoms with E-state index in [1.807, 2.05) is 0 Å². The number of anilines is 1. The first-order valence-corrected chi connectivity index (χ1v) is 5.71. The highest BCUT2D eigenvalue weighted by Crippen LogP contribution is 2.15. The molecule has 0 aromatic carbocycles. The van der Waals surface area contributed by atoms with E-state index in [1.165, 1.54) is 11.3 Å². The standard InChI is InChI=1S/C8H8ClN3O4S/c9-1-6(13)12-8-11-5(4-17-8)3-16-10-2-7(14)15/h2,4H,1,3H2,(H,14,15)(H,11,12,13). The van der Waals surface area contributed by atoms with Crippen LogP contribution in [0.15, 0.2) is 10.5 Å². The van der Waals surface area contributed by atoms with Gasteiger partial charge in [0.1, 0.15) is 5.88 Å². The number of amides is 1. The summed E-state index contributed by atoms with van der Waals surface area (Å²) >= 11 is 6.51. The molecule has 7 nitrogen and oxygen atoms in total. The minimum atomic E-state index is -1.20. The number of oxime groups is 1. The van der Waals surface area contributed by atoms with Crippen LogP contribution in [0.5, 0.6) is 0 Å². The minimum absolute atomic E-state index is 0.0248. The first-order chi connectivity index (χ1) is 8.11. The molecule has 1 aromatic rings. The minimum Gasteiger partial charge on any atom is -0.477 e. The van der Waals surface area contributed by atoms with Gasteiger partial charge in [-0.3, -0.25) is 4.79 Å². The molecule has 0 aliphatic rings. The van der Waals surface area contributed by atoms with Crippen LogP contribution in [-0.4, -0.2) is 34.1 Å². The Bertz CT molecular complexity index is 434. The lowest BCUT2D eigenvalue weighted by Crippen LogP contribution is -2.12. The molecule has 0 radical (unpaired) electrons. The fraction of sp³-hybridized carbons (Fsp3) is 0.250. The van der Waals surface area contributed by atoms with Crippen LogP contribution in [0.2, 0.25) is 0 Å². The summed E-state index contributed by atoms with van der Waals surface area (Å²) in [6.07, 6.45) is 0.628. The van der Waals surface area contributed by atoms with Crippen LogP contribution in [0.1, 0.15) is 5.69 Å². The zero-order chi connectivity index (χ0) is 12.7. The first-order valence-electron chi connectivity index (χ1n) is 4.30. The van der Waals surface area contributed by atoms with Gasteiger partial charge in [0.05, 0.1) is 5.69 Å². The Kier molecular flexibility index (Phi) is 5.37. The number of rotatable bonds is 6. The SMILES string of the molecule is O=C(O)C=NOCc1csc(NC(=O)CCl)n1. The Balaban J connectivity index is 2.40. The van der Waals surface area contributed by atoms with Crippen molar-refractivity contribution in [2.24, 2.45) is 5.16 Å². The molecule has 0 unspecified atom stereocenters. The van der Waals surface area contributed by atoms with Crippen LogP contribution < -0.4 is 5.32 Å². The number of hydrogen-bond donors (Lipinski definition) is 2. The van der Waals surface area contributed by atoms with Gasteiger partial charge in [0.25, 0.3) is 0 Å². The van der Waals surface area contributed by atoms with Gasteiger partial charge >= 0.3 is 5.97 Å². The number of nitrogens with zero attached hydrogens (tertiary/aromatic N) is 2. The fourth-order valence-corrected chi connectivity index (χ4v) is 1.55. The maximum atomic E-state index is 10.9. The Morgan fingerprint density at radius 2 is 2.47 bits per heavy atom. The van der Waals surface area contributed by atoms with E-state index in [0.717, 1.165) is 0 Å². The summed E-state index contributed by atoms with van der Waals surface area (Å²) in [6, 6.07) is 0. The van der Waals surface area contributed by atoms with Gasteiger partial charge in [-0.15, -0.1) is 22.9 Å². The van der Waals surface area contributed by atoms with E-state index in [-0.39, 0.29) is 18.4 Å². The number of carbonyl (C=O) groups is 2. The van der Waals surface area contributed by atoms with E-state index in [0.29, 0.717) is 17.0 Å². The highest BCUT2D eigenvalue weighted by Gasteiger charge is 2.05. The van der Waals surface area contributed by atoms with E-state index < -0.39 is 5.97 Å². The molecule has 9 heteroatoms. The number of carbonyl (C=O) groups excluding carboxylic acids is 1. The Hall–Kier alpha value is -1.67. The maximum absolute atomic E-state index is 10.9. The maximum Gasteiger partial charge on any atom is 0.350 e. The van der Waals surface area contributed by atoms with Gasteiger partial charge in [-0.1, -0.05) is 5.16 Å². The lowest BCUT2D eigenvalue weighted by molar-refractivity contribution is -0.129. The second-order valence-electron chi connectivity index (χ2n) is 2.67. The van der Waals surface area contributed by atoms with Gasteiger partial charge in [-0.05, 0) is 0 Å². The van der Waals surface area contributed by atoms with Crippen molar-refractivity contribution in [3.8, 4) is 0 Å². The topological polar surface area (TPSA) is 101 Å². The number of thiazole rings is 1. The molecule has 92 valence electrons. The zero-order valence-corrected chi connectivity index (χ0v) is 9.99. The van der Waals surface area contributed by atoms with Crippen molar-refractivity contribution in [2.45, 2.75) is 6.61 Å². The van der Waals surface area contributed by atoms with Crippen LogP contribution in [0, 0.1) is 0 Å². The van der Waals surface area contributed by atoms with Gasteiger partial charge in [0.2, 0.25) is 5.91 Å². The largest absolute Gasteiger partial charge is 0.477 e. The highest BCUT2D eigenvalue weighted by molar-refractivity contribution is 7.13. The molecule has 0 aliphatic heterocycles. The molecule has 0 saturated heterocycles. The molecule has 0 saturated carbocycles. The smallest absolute Gasteiger partial charge is 0.350 e.